The van der Waals surface area contributed by atoms with Gasteiger partial charge in [0.2, 0.25) is 0 Å². The van der Waals surface area contributed by atoms with Crippen LogP contribution in [-0.4, -0.2) is 37.9 Å². The van der Waals surface area contributed by atoms with E-state index >= 15 is 0 Å². The van der Waals surface area contributed by atoms with E-state index < -0.39 is 17.7 Å². The molecule has 0 atom stereocenters. The Bertz CT molecular complexity index is 594. The highest BCUT2D eigenvalue weighted by molar-refractivity contribution is 5.85. The van der Waals surface area contributed by atoms with E-state index in [0.717, 1.165) is 19.3 Å². The first kappa shape index (κ1) is 13.9. The minimum atomic E-state index is -1.03. The molecule has 21 heavy (non-hydrogen) atoms. The highest BCUT2D eigenvalue weighted by Gasteiger charge is 2.70. The van der Waals surface area contributed by atoms with Crippen molar-refractivity contribution in [2.75, 3.05) is 0 Å². The van der Waals surface area contributed by atoms with Gasteiger partial charge in [-0.15, -0.1) is 0 Å². The number of carboxylic acids is 1. The third kappa shape index (κ3) is 2.26. The van der Waals surface area contributed by atoms with Crippen molar-refractivity contribution in [3.8, 4) is 0 Å². The number of rotatable bonds is 3. The molecule has 1 aromatic heterocycles. The van der Waals surface area contributed by atoms with Crippen LogP contribution >= 0.6 is 0 Å². The van der Waals surface area contributed by atoms with Crippen molar-refractivity contribution in [2.24, 2.45) is 0 Å². The third-order valence-corrected chi connectivity index (χ3v) is 4.12. The molecule has 7 heteroatoms. The highest BCUT2D eigenvalue weighted by atomic mass is 16.6. The lowest BCUT2D eigenvalue weighted by atomic mass is 9.44. The van der Waals surface area contributed by atoms with Crippen molar-refractivity contribution < 1.29 is 19.4 Å². The molecule has 0 saturated heterocycles. The number of amides is 1. The first-order valence-electron chi connectivity index (χ1n) is 6.92. The van der Waals surface area contributed by atoms with Crippen molar-refractivity contribution in [2.45, 2.75) is 56.7 Å². The van der Waals surface area contributed by atoms with Crippen LogP contribution in [0, 0.1) is 0 Å². The molecular weight excluding hydrogens is 274 g/mol. The van der Waals surface area contributed by atoms with Gasteiger partial charge in [0.25, 0.3) is 0 Å². The summed E-state index contributed by atoms with van der Waals surface area (Å²) in [6.07, 6.45) is 5.07. The molecule has 0 unspecified atom stereocenters. The number of nitrogens with one attached hydrogen (secondary N) is 1. The van der Waals surface area contributed by atoms with Crippen LogP contribution in [0.1, 0.15) is 50.5 Å². The molecule has 2 bridgehead atoms. The highest BCUT2D eigenvalue weighted by Crippen LogP contribution is 2.65. The number of carbonyl (C=O) groups excluding carboxylic acids is 1. The van der Waals surface area contributed by atoms with Crippen LogP contribution in [0.4, 0.5) is 4.79 Å². The Hall–Kier alpha value is -2.05. The number of hydrogen-bond donors (Lipinski definition) is 2. The lowest BCUT2D eigenvalue weighted by Crippen LogP contribution is -2.78. The van der Waals surface area contributed by atoms with E-state index in [-0.39, 0.29) is 16.8 Å². The van der Waals surface area contributed by atoms with Crippen molar-refractivity contribution in [3.63, 3.8) is 0 Å². The van der Waals surface area contributed by atoms with E-state index in [9.17, 15) is 9.59 Å². The summed E-state index contributed by atoms with van der Waals surface area (Å²) in [5.41, 5.74) is -0.744. The molecule has 0 aromatic carbocycles. The minimum Gasteiger partial charge on any atom is -0.476 e. The summed E-state index contributed by atoms with van der Waals surface area (Å²) in [6.45, 7) is 5.49. The van der Waals surface area contributed by atoms with E-state index in [4.69, 9.17) is 9.84 Å². The molecule has 1 heterocycles. The van der Waals surface area contributed by atoms with Gasteiger partial charge in [0.15, 0.2) is 5.69 Å². The van der Waals surface area contributed by atoms with Crippen LogP contribution in [0.2, 0.25) is 0 Å². The lowest BCUT2D eigenvalue weighted by Gasteiger charge is -2.70. The maximum Gasteiger partial charge on any atom is 0.408 e. The van der Waals surface area contributed by atoms with Crippen molar-refractivity contribution in [3.05, 3.63) is 18.2 Å². The summed E-state index contributed by atoms with van der Waals surface area (Å²) in [7, 11) is 0. The summed E-state index contributed by atoms with van der Waals surface area (Å²) in [6, 6.07) is 0. The molecule has 7 nitrogen and oxygen atoms in total. The van der Waals surface area contributed by atoms with Gasteiger partial charge in [-0.3, -0.25) is 0 Å². The zero-order chi connectivity index (χ0) is 15.5. The maximum atomic E-state index is 11.8. The summed E-state index contributed by atoms with van der Waals surface area (Å²) in [5.74, 6) is -1.03. The summed E-state index contributed by atoms with van der Waals surface area (Å²) in [4.78, 5) is 26.5. The van der Waals surface area contributed by atoms with E-state index in [2.05, 4.69) is 10.3 Å². The molecule has 3 aliphatic carbocycles. The fourth-order valence-electron chi connectivity index (χ4n) is 3.35. The van der Waals surface area contributed by atoms with E-state index in [1.165, 1.54) is 0 Å². The number of imidazole rings is 1. The predicted octanol–water partition coefficient (Wildman–Crippen LogP) is 1.74. The molecular formula is C14H19N3O4. The van der Waals surface area contributed by atoms with Crippen LogP contribution < -0.4 is 5.32 Å². The first-order valence-corrected chi connectivity index (χ1v) is 6.92. The number of nitrogens with zero attached hydrogens (tertiary/aromatic N) is 2. The molecule has 1 amide bonds. The second-order valence-corrected chi connectivity index (χ2v) is 7.13. The van der Waals surface area contributed by atoms with Crippen molar-refractivity contribution >= 4 is 12.1 Å². The van der Waals surface area contributed by atoms with Crippen molar-refractivity contribution in [1.29, 1.82) is 0 Å². The fraction of sp³-hybridized carbons (Fsp3) is 0.643. The molecule has 114 valence electrons. The van der Waals surface area contributed by atoms with Crippen LogP contribution in [0.25, 0.3) is 0 Å². The quantitative estimate of drug-likeness (QED) is 0.885. The first-order chi connectivity index (χ1) is 9.63. The van der Waals surface area contributed by atoms with Crippen LogP contribution in [0.5, 0.6) is 0 Å². The number of alkyl carbamates (subject to hydrolysis) is 1. The zero-order valence-corrected chi connectivity index (χ0v) is 12.3. The van der Waals surface area contributed by atoms with Crippen LogP contribution in [0.3, 0.4) is 0 Å². The third-order valence-electron chi connectivity index (χ3n) is 4.12. The molecule has 4 rings (SSSR count). The molecule has 2 N–H and O–H groups in total. The summed E-state index contributed by atoms with van der Waals surface area (Å²) >= 11 is 0. The van der Waals surface area contributed by atoms with Gasteiger partial charge in [0, 0.05) is 6.20 Å². The Balaban J connectivity index is 1.59. The van der Waals surface area contributed by atoms with Gasteiger partial charge in [-0.05, 0) is 40.0 Å². The summed E-state index contributed by atoms with van der Waals surface area (Å²) in [5, 5.41) is 11.8. The van der Waals surface area contributed by atoms with Crippen LogP contribution in [-0.2, 0) is 10.3 Å². The van der Waals surface area contributed by atoms with Gasteiger partial charge in [-0.25, -0.2) is 14.6 Å². The molecule has 0 radical (unpaired) electrons. The summed E-state index contributed by atoms with van der Waals surface area (Å²) < 4.78 is 7.12. The van der Waals surface area contributed by atoms with Crippen LogP contribution in [0.15, 0.2) is 12.5 Å². The minimum absolute atomic E-state index is 0.0499. The maximum absolute atomic E-state index is 11.8. The number of ether oxygens (including phenoxy) is 1. The van der Waals surface area contributed by atoms with Gasteiger partial charge in [0.1, 0.15) is 5.60 Å². The van der Waals surface area contributed by atoms with Crippen molar-refractivity contribution in [1.82, 2.24) is 14.9 Å². The number of aromatic carboxylic acids is 1. The number of aromatic nitrogens is 2. The predicted molar refractivity (Wildman–Crippen MR) is 73.1 cm³/mol. The second kappa shape index (κ2) is 3.99. The molecule has 3 aliphatic rings. The molecule has 3 fully saturated rings. The Labute approximate surface area is 122 Å². The second-order valence-electron chi connectivity index (χ2n) is 7.13. The van der Waals surface area contributed by atoms with Gasteiger partial charge in [0.05, 0.1) is 17.4 Å². The van der Waals surface area contributed by atoms with Gasteiger partial charge >= 0.3 is 12.1 Å². The van der Waals surface area contributed by atoms with Gasteiger partial charge in [-0.1, -0.05) is 0 Å². The smallest absolute Gasteiger partial charge is 0.408 e. The topological polar surface area (TPSA) is 93.5 Å². The Morgan fingerprint density at radius 1 is 1.38 bits per heavy atom. The molecule has 1 aromatic rings. The average Bonchev–Trinajstić information content (AvgIpc) is 2.67. The average molecular weight is 293 g/mol. The number of carbonyl (C=O) groups is 2. The Morgan fingerprint density at radius 3 is 2.48 bits per heavy atom. The normalized spacial score (nSPS) is 30.0. The van der Waals surface area contributed by atoms with E-state index in [0.29, 0.717) is 0 Å². The number of carboxylic acid groups (broad SMARTS) is 1. The van der Waals surface area contributed by atoms with Gasteiger partial charge in [-0.2, -0.15) is 0 Å². The van der Waals surface area contributed by atoms with E-state index in [1.54, 1.807) is 12.5 Å². The number of hydrogen-bond acceptors (Lipinski definition) is 4. The molecule has 0 spiro atoms. The molecule has 0 aliphatic heterocycles. The molecule has 3 saturated carbocycles. The Morgan fingerprint density at radius 2 is 2.00 bits per heavy atom. The fourth-order valence-corrected chi connectivity index (χ4v) is 3.35. The zero-order valence-electron chi connectivity index (χ0n) is 12.3. The van der Waals surface area contributed by atoms with E-state index in [1.807, 2.05) is 25.3 Å². The monoisotopic (exact) mass is 293 g/mol. The SMILES string of the molecule is CC(C)(C)OC(=O)NC12CC(n3cnc(C(=O)O)c3)(C1)C2. The van der Waals surface area contributed by atoms with Gasteiger partial charge < -0.3 is 19.7 Å². The largest absolute Gasteiger partial charge is 0.476 e. The standard InChI is InChI=1S/C14H19N3O4/c1-12(2,3)21-11(20)16-13-5-14(6-13,7-13)17-4-9(10(18)19)15-8-17/h4,8H,5-7H2,1-3H3,(H,16,20)(H,18,19). The Kier molecular flexibility index (Phi) is 2.64. The lowest BCUT2D eigenvalue weighted by molar-refractivity contribution is -0.136.